The number of sulfonamides is 1. The normalized spacial score (nSPS) is 15.6. The zero-order valence-corrected chi connectivity index (χ0v) is 36.2. The van der Waals surface area contributed by atoms with Crippen molar-refractivity contribution in [3.8, 4) is 0 Å². The maximum atomic E-state index is 14.1. The number of carbonyl (C=O) groups excluding carboxylic acids is 7. The minimum absolute atomic E-state index is 0.0111. The van der Waals surface area contributed by atoms with E-state index in [0.29, 0.717) is 11.8 Å². The summed E-state index contributed by atoms with van der Waals surface area (Å²) in [5, 5.41) is 14.5. The van der Waals surface area contributed by atoms with Crippen LogP contribution in [0, 0.1) is 17.8 Å². The highest BCUT2D eigenvalue weighted by atomic mass is 32.2. The molecule has 6 amide bonds. The second-order valence-electron chi connectivity index (χ2n) is 16.0. The van der Waals surface area contributed by atoms with Crippen molar-refractivity contribution in [3.05, 3.63) is 66.7 Å². The summed E-state index contributed by atoms with van der Waals surface area (Å²) in [4.78, 5) is 101. The maximum absolute atomic E-state index is 14.1. The molecule has 5 atom stereocenters. The quantitative estimate of drug-likeness (QED) is 0.0850. The van der Waals surface area contributed by atoms with Crippen LogP contribution in [0.3, 0.4) is 0 Å². The second kappa shape index (κ2) is 22.7. The van der Waals surface area contributed by atoms with Crippen molar-refractivity contribution in [1.82, 2.24) is 41.3 Å². The Morgan fingerprint density at radius 1 is 0.754 bits per heavy atom. The van der Waals surface area contributed by atoms with E-state index in [1.165, 1.54) is 30.7 Å². The van der Waals surface area contributed by atoms with E-state index in [1.54, 1.807) is 44.2 Å². The van der Waals surface area contributed by atoms with Crippen molar-refractivity contribution in [2.45, 2.75) is 121 Å². The zero-order chi connectivity index (χ0) is 44.7. The number of Topliss-reactive ketones (excluding diaryl/α,β-unsaturated/α-hetero) is 1. The summed E-state index contributed by atoms with van der Waals surface area (Å²) in [6.45, 7) is 8.13. The first kappa shape index (κ1) is 47.9. The van der Waals surface area contributed by atoms with E-state index in [9.17, 15) is 42.0 Å². The molecule has 0 aliphatic heterocycles. The van der Waals surface area contributed by atoms with Gasteiger partial charge in [-0.25, -0.2) is 18.1 Å². The molecular formula is C43H58N8O9S. The number of ketones is 1. The van der Waals surface area contributed by atoms with Crippen LogP contribution in [0.15, 0.2) is 66.0 Å². The summed E-state index contributed by atoms with van der Waals surface area (Å²) in [6, 6.07) is 6.81. The van der Waals surface area contributed by atoms with Crippen molar-refractivity contribution in [1.29, 1.82) is 0 Å². The van der Waals surface area contributed by atoms with Gasteiger partial charge >= 0.3 is 0 Å². The van der Waals surface area contributed by atoms with Crippen molar-refractivity contribution < 1.29 is 42.0 Å². The van der Waals surface area contributed by atoms with Gasteiger partial charge in [-0.2, -0.15) is 0 Å². The molecule has 330 valence electrons. The highest BCUT2D eigenvalue weighted by Crippen LogP contribution is 2.28. The van der Waals surface area contributed by atoms with E-state index in [0.717, 1.165) is 37.5 Å². The lowest BCUT2D eigenvalue weighted by Crippen LogP contribution is -2.60. The molecule has 17 nitrogen and oxygen atoms in total. The monoisotopic (exact) mass is 862 g/mol. The molecule has 61 heavy (non-hydrogen) atoms. The van der Waals surface area contributed by atoms with Gasteiger partial charge in [0.2, 0.25) is 23.5 Å². The van der Waals surface area contributed by atoms with Gasteiger partial charge in [-0.15, -0.1) is 0 Å². The Balaban J connectivity index is 1.43. The van der Waals surface area contributed by atoms with Gasteiger partial charge in [0.1, 0.15) is 23.8 Å². The SMILES string of the molecule is CCC(NC(=O)[C@H](CC1CCCCC1)NC(=O)[C@@H](NC(=O)[C@H](CC(C)C)NC(=O)c1cnccn1)[C@@H](C)CC)C(=O)C(=O)NCC(=O)NS(=O)(=O)c1ccc2ccccc2c1. The average molecular weight is 863 g/mol. The molecule has 1 aliphatic rings. The summed E-state index contributed by atoms with van der Waals surface area (Å²) in [5.74, 6) is -6.27. The second-order valence-corrected chi connectivity index (χ2v) is 17.7. The molecule has 1 aliphatic carbocycles. The van der Waals surface area contributed by atoms with E-state index in [4.69, 9.17) is 0 Å². The van der Waals surface area contributed by atoms with Crippen LogP contribution in [0.4, 0.5) is 0 Å². The Kier molecular flexibility index (Phi) is 17.8. The minimum Gasteiger partial charge on any atom is -0.344 e. The Morgan fingerprint density at radius 3 is 2.07 bits per heavy atom. The van der Waals surface area contributed by atoms with Gasteiger partial charge in [-0.1, -0.05) is 103 Å². The van der Waals surface area contributed by atoms with E-state index < -0.39 is 87.9 Å². The number of amides is 6. The van der Waals surface area contributed by atoms with Crippen molar-refractivity contribution in [2.75, 3.05) is 6.54 Å². The number of rotatable bonds is 21. The molecule has 0 radical (unpaired) electrons. The highest BCUT2D eigenvalue weighted by Gasteiger charge is 2.35. The third-order valence-corrected chi connectivity index (χ3v) is 12.2. The first-order valence-electron chi connectivity index (χ1n) is 20.9. The van der Waals surface area contributed by atoms with E-state index in [2.05, 4.69) is 36.6 Å². The molecule has 6 N–H and O–H groups in total. The topological polar surface area (TPSA) is 252 Å². The summed E-state index contributed by atoms with van der Waals surface area (Å²) in [5.41, 5.74) is 0.0203. The smallest absolute Gasteiger partial charge is 0.290 e. The molecule has 1 heterocycles. The van der Waals surface area contributed by atoms with Crippen LogP contribution in [0.5, 0.6) is 0 Å². The Hall–Kier alpha value is -5.78. The van der Waals surface area contributed by atoms with Crippen molar-refractivity contribution >= 4 is 62.0 Å². The molecule has 0 spiro atoms. The predicted molar refractivity (Wildman–Crippen MR) is 227 cm³/mol. The molecule has 0 saturated heterocycles. The third kappa shape index (κ3) is 14.2. The standard InChI is InChI=1S/C43H58N8O9S/c1-6-27(5)37(50-40(55)33(21-26(3)4)48-41(56)35-24-44-19-20-45-35)42(57)49-34(22-28-13-9-8-10-14-28)39(54)47-32(7-2)38(53)43(58)46-25-36(52)51-61(59,60)31-18-17-29-15-11-12-16-30(29)23-31/h11-12,15-20,23-24,26-28,32-34,37H,6-10,13-14,21-22,25H2,1-5H3,(H,46,58)(H,47,54)(H,48,56)(H,49,57)(H,50,55)(H,51,52)/t27-,32?,33-,34-,37-/m0/s1. The Labute approximate surface area is 356 Å². The number of aromatic nitrogens is 2. The third-order valence-electron chi connectivity index (χ3n) is 10.8. The molecule has 18 heteroatoms. The van der Waals surface area contributed by atoms with Crippen LogP contribution >= 0.6 is 0 Å². The zero-order valence-electron chi connectivity index (χ0n) is 35.4. The highest BCUT2D eigenvalue weighted by molar-refractivity contribution is 7.90. The number of hydrogen-bond donors (Lipinski definition) is 6. The van der Waals surface area contributed by atoms with Gasteiger partial charge in [0.25, 0.3) is 27.7 Å². The van der Waals surface area contributed by atoms with Crippen LogP contribution < -0.4 is 31.3 Å². The van der Waals surface area contributed by atoms with Crippen LogP contribution in [-0.4, -0.2) is 90.3 Å². The average Bonchev–Trinajstić information content (AvgIpc) is 3.25. The summed E-state index contributed by atoms with van der Waals surface area (Å²) in [6.07, 6.45) is 9.60. The minimum atomic E-state index is -4.30. The van der Waals surface area contributed by atoms with E-state index in [1.807, 2.05) is 25.5 Å². The molecular weight excluding hydrogens is 805 g/mol. The summed E-state index contributed by atoms with van der Waals surface area (Å²) >= 11 is 0. The van der Waals surface area contributed by atoms with Crippen molar-refractivity contribution in [2.24, 2.45) is 17.8 Å². The molecule has 0 bridgehead atoms. The number of benzene rings is 2. The fraction of sp³-hybridized carbons (Fsp3) is 0.512. The predicted octanol–water partition coefficient (Wildman–Crippen LogP) is 2.85. The fourth-order valence-corrected chi connectivity index (χ4v) is 8.19. The molecule has 3 aromatic rings. The van der Waals surface area contributed by atoms with Gasteiger partial charge in [0.15, 0.2) is 0 Å². The summed E-state index contributed by atoms with van der Waals surface area (Å²) in [7, 11) is -4.30. The van der Waals surface area contributed by atoms with Gasteiger partial charge in [0, 0.05) is 12.4 Å². The van der Waals surface area contributed by atoms with Gasteiger partial charge in [-0.05, 0) is 59.9 Å². The van der Waals surface area contributed by atoms with Crippen LogP contribution in [-0.2, 0) is 38.8 Å². The number of nitrogens with one attached hydrogen (secondary N) is 6. The van der Waals surface area contributed by atoms with Gasteiger partial charge in [-0.3, -0.25) is 38.5 Å². The lowest BCUT2D eigenvalue weighted by atomic mass is 9.84. The summed E-state index contributed by atoms with van der Waals surface area (Å²) < 4.78 is 27.7. The first-order chi connectivity index (χ1) is 29.0. The van der Waals surface area contributed by atoms with E-state index in [-0.39, 0.29) is 41.7 Å². The largest absolute Gasteiger partial charge is 0.344 e. The molecule has 1 unspecified atom stereocenters. The Morgan fingerprint density at radius 2 is 1.43 bits per heavy atom. The number of fused-ring (bicyclic) bond motifs is 1. The van der Waals surface area contributed by atoms with Crippen molar-refractivity contribution in [3.63, 3.8) is 0 Å². The first-order valence-corrected chi connectivity index (χ1v) is 22.4. The van der Waals surface area contributed by atoms with Crippen LogP contribution in [0.1, 0.15) is 103 Å². The van der Waals surface area contributed by atoms with E-state index >= 15 is 0 Å². The molecule has 4 rings (SSSR count). The van der Waals surface area contributed by atoms with Gasteiger partial charge in [0.05, 0.1) is 23.7 Å². The Bertz CT molecular complexity index is 2150. The molecule has 1 fully saturated rings. The number of nitrogens with zero attached hydrogens (tertiary/aromatic N) is 2. The lowest BCUT2D eigenvalue weighted by Gasteiger charge is -2.31. The number of carbonyl (C=O) groups is 7. The molecule has 2 aromatic carbocycles. The maximum Gasteiger partial charge on any atom is 0.290 e. The van der Waals surface area contributed by atoms with Crippen LogP contribution in [0.2, 0.25) is 0 Å². The van der Waals surface area contributed by atoms with Gasteiger partial charge < -0.3 is 26.6 Å². The van der Waals surface area contributed by atoms with Crippen LogP contribution in [0.25, 0.3) is 10.8 Å². The molecule has 1 saturated carbocycles. The lowest BCUT2D eigenvalue weighted by molar-refractivity contribution is -0.141. The fourth-order valence-electron chi connectivity index (χ4n) is 7.17. The molecule has 1 aromatic heterocycles. The number of hydrogen-bond acceptors (Lipinski definition) is 11.